The van der Waals surface area contributed by atoms with Crippen LogP contribution in [0, 0.1) is 5.41 Å². The summed E-state index contributed by atoms with van der Waals surface area (Å²) in [5.41, 5.74) is 9.12. The van der Waals surface area contributed by atoms with E-state index in [0.717, 1.165) is 19.5 Å². The highest BCUT2D eigenvalue weighted by Crippen LogP contribution is 2.30. The summed E-state index contributed by atoms with van der Waals surface area (Å²) in [6.45, 7) is 9.10. The van der Waals surface area contributed by atoms with Gasteiger partial charge in [0, 0.05) is 6.54 Å². The summed E-state index contributed by atoms with van der Waals surface area (Å²) in [7, 11) is 0. The molecule has 0 aliphatic carbocycles. The standard InChI is InChI=1S/C17H28N2/c1-17(2)9-5-12-19(13-10-17)14-16-7-4-3-6-15(16)8-11-18/h3-4,6-7H,5,8-14,18H2,1-2H3. The summed E-state index contributed by atoms with van der Waals surface area (Å²) >= 11 is 0. The maximum absolute atomic E-state index is 5.71. The zero-order chi connectivity index (χ0) is 13.7. The Kier molecular flexibility index (Phi) is 5.00. The van der Waals surface area contributed by atoms with Crippen LogP contribution in [0.5, 0.6) is 0 Å². The lowest BCUT2D eigenvalue weighted by molar-refractivity contribution is 0.255. The molecule has 0 aromatic heterocycles. The molecule has 1 saturated heterocycles. The predicted molar refractivity (Wildman–Crippen MR) is 82.1 cm³/mol. The van der Waals surface area contributed by atoms with Crippen molar-refractivity contribution < 1.29 is 0 Å². The fourth-order valence-corrected chi connectivity index (χ4v) is 2.99. The van der Waals surface area contributed by atoms with E-state index in [2.05, 4.69) is 43.0 Å². The molecule has 1 aliphatic heterocycles. The molecule has 0 atom stereocenters. The van der Waals surface area contributed by atoms with Crippen molar-refractivity contribution in [2.24, 2.45) is 11.1 Å². The normalized spacial score (nSPS) is 20.2. The third-order valence-electron chi connectivity index (χ3n) is 4.36. The highest BCUT2D eigenvalue weighted by atomic mass is 15.1. The second-order valence-corrected chi connectivity index (χ2v) is 6.60. The highest BCUT2D eigenvalue weighted by Gasteiger charge is 2.23. The molecule has 1 aromatic rings. The van der Waals surface area contributed by atoms with Crippen LogP contribution in [0.2, 0.25) is 0 Å². The lowest BCUT2D eigenvalue weighted by atomic mass is 9.85. The molecule has 0 bridgehead atoms. The molecule has 0 saturated carbocycles. The van der Waals surface area contributed by atoms with Crippen molar-refractivity contribution in [2.75, 3.05) is 19.6 Å². The first-order valence-corrected chi connectivity index (χ1v) is 7.60. The number of likely N-dealkylation sites (tertiary alicyclic amines) is 1. The second-order valence-electron chi connectivity index (χ2n) is 6.60. The van der Waals surface area contributed by atoms with E-state index in [-0.39, 0.29) is 0 Å². The quantitative estimate of drug-likeness (QED) is 0.901. The van der Waals surface area contributed by atoms with Gasteiger partial charge in [-0.15, -0.1) is 0 Å². The fraction of sp³-hybridized carbons (Fsp3) is 0.647. The molecular formula is C17H28N2. The van der Waals surface area contributed by atoms with Gasteiger partial charge in [-0.05, 0) is 61.9 Å². The van der Waals surface area contributed by atoms with Crippen LogP contribution < -0.4 is 5.73 Å². The second kappa shape index (κ2) is 6.53. The lowest BCUT2D eigenvalue weighted by Gasteiger charge is -2.24. The first-order valence-electron chi connectivity index (χ1n) is 7.60. The predicted octanol–water partition coefficient (Wildman–Crippen LogP) is 3.20. The van der Waals surface area contributed by atoms with Gasteiger partial charge >= 0.3 is 0 Å². The number of nitrogens with zero attached hydrogens (tertiary/aromatic N) is 1. The van der Waals surface area contributed by atoms with Gasteiger partial charge in [0.25, 0.3) is 0 Å². The van der Waals surface area contributed by atoms with Crippen molar-refractivity contribution >= 4 is 0 Å². The van der Waals surface area contributed by atoms with Crippen molar-refractivity contribution in [2.45, 2.75) is 46.1 Å². The van der Waals surface area contributed by atoms with Gasteiger partial charge < -0.3 is 5.73 Å². The van der Waals surface area contributed by atoms with E-state index in [9.17, 15) is 0 Å². The monoisotopic (exact) mass is 260 g/mol. The summed E-state index contributed by atoms with van der Waals surface area (Å²) in [4.78, 5) is 2.62. The SMILES string of the molecule is CC1(C)CCCN(Cc2ccccc2CCN)CC1. The molecule has 1 fully saturated rings. The summed E-state index contributed by atoms with van der Waals surface area (Å²) in [6, 6.07) is 8.77. The Balaban J connectivity index is 2.01. The van der Waals surface area contributed by atoms with Gasteiger partial charge in [-0.1, -0.05) is 38.1 Å². The van der Waals surface area contributed by atoms with E-state index in [1.807, 2.05) is 0 Å². The van der Waals surface area contributed by atoms with E-state index in [0.29, 0.717) is 5.41 Å². The number of benzene rings is 1. The Hall–Kier alpha value is -0.860. The Morgan fingerprint density at radius 2 is 1.84 bits per heavy atom. The maximum Gasteiger partial charge on any atom is 0.0236 e. The van der Waals surface area contributed by atoms with Gasteiger partial charge in [0.1, 0.15) is 0 Å². The lowest BCUT2D eigenvalue weighted by Crippen LogP contribution is -2.25. The van der Waals surface area contributed by atoms with Crippen molar-refractivity contribution in [1.29, 1.82) is 0 Å². The molecule has 2 heteroatoms. The highest BCUT2D eigenvalue weighted by molar-refractivity contribution is 5.27. The Bertz CT molecular complexity index is 398. The van der Waals surface area contributed by atoms with Gasteiger partial charge in [-0.25, -0.2) is 0 Å². The summed E-state index contributed by atoms with van der Waals surface area (Å²) in [5, 5.41) is 0. The molecule has 2 nitrogen and oxygen atoms in total. The van der Waals surface area contributed by atoms with E-state index in [1.54, 1.807) is 0 Å². The van der Waals surface area contributed by atoms with Gasteiger partial charge in [0.2, 0.25) is 0 Å². The third-order valence-corrected chi connectivity index (χ3v) is 4.36. The molecule has 1 aliphatic rings. The molecule has 106 valence electrons. The zero-order valence-corrected chi connectivity index (χ0v) is 12.5. The summed E-state index contributed by atoms with van der Waals surface area (Å²) < 4.78 is 0. The number of rotatable bonds is 4. The van der Waals surface area contributed by atoms with Gasteiger partial charge in [-0.3, -0.25) is 4.90 Å². The molecule has 0 spiro atoms. The Labute approximate surface area is 118 Å². The molecule has 2 N–H and O–H groups in total. The van der Waals surface area contributed by atoms with Crippen molar-refractivity contribution in [3.05, 3.63) is 35.4 Å². The Morgan fingerprint density at radius 1 is 1.11 bits per heavy atom. The molecule has 2 rings (SSSR count). The van der Waals surface area contributed by atoms with Crippen LogP contribution in [0.15, 0.2) is 24.3 Å². The van der Waals surface area contributed by atoms with Gasteiger partial charge in [-0.2, -0.15) is 0 Å². The Morgan fingerprint density at radius 3 is 2.58 bits per heavy atom. The van der Waals surface area contributed by atoms with E-state index in [4.69, 9.17) is 5.73 Å². The van der Waals surface area contributed by atoms with Crippen LogP contribution >= 0.6 is 0 Å². The minimum atomic E-state index is 0.519. The summed E-state index contributed by atoms with van der Waals surface area (Å²) in [5.74, 6) is 0. The minimum absolute atomic E-state index is 0.519. The van der Waals surface area contributed by atoms with Crippen molar-refractivity contribution in [3.63, 3.8) is 0 Å². The van der Waals surface area contributed by atoms with Crippen LogP contribution in [0.1, 0.15) is 44.2 Å². The summed E-state index contributed by atoms with van der Waals surface area (Å²) in [6.07, 6.45) is 4.99. The third kappa shape index (κ3) is 4.32. The van der Waals surface area contributed by atoms with E-state index >= 15 is 0 Å². The van der Waals surface area contributed by atoms with Gasteiger partial charge in [0.15, 0.2) is 0 Å². The van der Waals surface area contributed by atoms with Crippen LogP contribution in [-0.2, 0) is 13.0 Å². The molecule has 0 radical (unpaired) electrons. The molecule has 1 aromatic carbocycles. The first kappa shape index (κ1) is 14.5. The van der Waals surface area contributed by atoms with Crippen LogP contribution in [0.3, 0.4) is 0 Å². The van der Waals surface area contributed by atoms with Crippen molar-refractivity contribution in [3.8, 4) is 0 Å². The molecule has 0 amide bonds. The maximum atomic E-state index is 5.71. The number of hydrogen-bond donors (Lipinski definition) is 1. The van der Waals surface area contributed by atoms with Crippen molar-refractivity contribution in [1.82, 2.24) is 4.90 Å². The fourth-order valence-electron chi connectivity index (χ4n) is 2.99. The van der Waals surface area contributed by atoms with Crippen LogP contribution in [0.4, 0.5) is 0 Å². The molecular weight excluding hydrogens is 232 g/mol. The van der Waals surface area contributed by atoms with Gasteiger partial charge in [0.05, 0.1) is 0 Å². The average Bonchev–Trinajstić information content (AvgIpc) is 2.54. The smallest absolute Gasteiger partial charge is 0.0236 e. The van der Waals surface area contributed by atoms with Crippen LogP contribution in [0.25, 0.3) is 0 Å². The number of nitrogens with two attached hydrogens (primary N) is 1. The largest absolute Gasteiger partial charge is 0.330 e. The first-order chi connectivity index (χ1) is 9.11. The molecule has 0 unspecified atom stereocenters. The minimum Gasteiger partial charge on any atom is -0.330 e. The topological polar surface area (TPSA) is 29.3 Å². The molecule has 19 heavy (non-hydrogen) atoms. The van der Waals surface area contributed by atoms with E-state index in [1.165, 1.54) is 43.5 Å². The number of hydrogen-bond acceptors (Lipinski definition) is 2. The zero-order valence-electron chi connectivity index (χ0n) is 12.5. The van der Waals surface area contributed by atoms with E-state index < -0.39 is 0 Å². The molecule has 1 heterocycles. The average molecular weight is 260 g/mol. The van der Waals surface area contributed by atoms with Crippen LogP contribution in [-0.4, -0.2) is 24.5 Å².